The molecule has 4 nitrogen and oxygen atoms in total. The SMILES string of the molecule is CC[C@H]1CCN(c2ccnc3[nH]c4cnccc4c23)C1. The van der Waals surface area contributed by atoms with Crippen molar-refractivity contribution in [2.45, 2.75) is 19.8 Å². The summed E-state index contributed by atoms with van der Waals surface area (Å²) < 4.78 is 0. The summed E-state index contributed by atoms with van der Waals surface area (Å²) in [4.78, 5) is 14.5. The number of hydrogen-bond donors (Lipinski definition) is 1. The van der Waals surface area contributed by atoms with Crippen molar-refractivity contribution in [1.29, 1.82) is 0 Å². The summed E-state index contributed by atoms with van der Waals surface area (Å²) in [5, 5.41) is 2.46. The van der Waals surface area contributed by atoms with Gasteiger partial charge in [-0.15, -0.1) is 0 Å². The Labute approximate surface area is 117 Å². The molecule has 1 aliphatic rings. The van der Waals surface area contributed by atoms with E-state index in [2.05, 4.69) is 38.9 Å². The smallest absolute Gasteiger partial charge is 0.140 e. The maximum atomic E-state index is 4.48. The molecule has 3 aromatic rings. The zero-order chi connectivity index (χ0) is 13.5. The summed E-state index contributed by atoms with van der Waals surface area (Å²) in [6.45, 7) is 4.59. The van der Waals surface area contributed by atoms with Gasteiger partial charge in [-0.3, -0.25) is 4.98 Å². The number of aromatic nitrogens is 3. The minimum absolute atomic E-state index is 0.824. The molecule has 0 aromatic carbocycles. The van der Waals surface area contributed by atoms with E-state index >= 15 is 0 Å². The summed E-state index contributed by atoms with van der Waals surface area (Å²) in [5.74, 6) is 0.824. The zero-order valence-corrected chi connectivity index (χ0v) is 11.6. The van der Waals surface area contributed by atoms with Gasteiger partial charge in [-0.1, -0.05) is 13.3 Å². The molecule has 0 unspecified atom stereocenters. The van der Waals surface area contributed by atoms with Crippen LogP contribution in [0.25, 0.3) is 21.9 Å². The van der Waals surface area contributed by atoms with E-state index in [0.717, 1.165) is 30.2 Å². The molecule has 0 saturated carbocycles. The fourth-order valence-corrected chi connectivity index (χ4v) is 3.30. The van der Waals surface area contributed by atoms with Gasteiger partial charge in [0.2, 0.25) is 0 Å². The van der Waals surface area contributed by atoms with Crippen LogP contribution in [-0.2, 0) is 0 Å². The van der Waals surface area contributed by atoms with E-state index in [4.69, 9.17) is 0 Å². The molecule has 1 N–H and O–H groups in total. The van der Waals surface area contributed by atoms with Gasteiger partial charge in [0.1, 0.15) is 5.65 Å². The van der Waals surface area contributed by atoms with E-state index in [1.165, 1.54) is 29.3 Å². The molecule has 4 rings (SSSR count). The first-order chi connectivity index (χ1) is 9.86. The normalized spacial score (nSPS) is 19.2. The Morgan fingerprint density at radius 2 is 2.30 bits per heavy atom. The summed E-state index contributed by atoms with van der Waals surface area (Å²) in [6.07, 6.45) is 8.19. The molecule has 4 heteroatoms. The molecule has 20 heavy (non-hydrogen) atoms. The number of aromatic amines is 1. The lowest BCUT2D eigenvalue weighted by Crippen LogP contribution is -2.19. The maximum absolute atomic E-state index is 4.48. The second-order valence-corrected chi connectivity index (χ2v) is 5.61. The van der Waals surface area contributed by atoms with Crippen LogP contribution >= 0.6 is 0 Å². The van der Waals surface area contributed by atoms with Crippen LogP contribution in [0.2, 0.25) is 0 Å². The minimum Gasteiger partial charge on any atom is -0.371 e. The monoisotopic (exact) mass is 266 g/mol. The van der Waals surface area contributed by atoms with Gasteiger partial charge in [-0.2, -0.15) is 0 Å². The molecule has 3 aromatic heterocycles. The van der Waals surface area contributed by atoms with Crippen LogP contribution in [0.15, 0.2) is 30.7 Å². The van der Waals surface area contributed by atoms with Gasteiger partial charge >= 0.3 is 0 Å². The number of anilines is 1. The standard InChI is InChI=1S/C16H18N4/c1-2-11-5-8-20(10-11)14-4-7-18-16-15(14)12-3-6-17-9-13(12)19-16/h3-4,6-7,9,11H,2,5,8,10H2,1H3,(H,18,19)/t11-/m0/s1. The number of fused-ring (bicyclic) bond motifs is 3. The fourth-order valence-electron chi connectivity index (χ4n) is 3.30. The molecule has 0 spiro atoms. The van der Waals surface area contributed by atoms with Gasteiger partial charge in [-0.05, 0) is 24.5 Å². The molecule has 0 bridgehead atoms. The first-order valence-electron chi connectivity index (χ1n) is 7.32. The van der Waals surface area contributed by atoms with Gasteiger partial charge in [0, 0.05) is 36.6 Å². The lowest BCUT2D eigenvalue weighted by molar-refractivity contribution is 0.569. The van der Waals surface area contributed by atoms with E-state index < -0.39 is 0 Å². The Kier molecular flexibility index (Phi) is 2.62. The van der Waals surface area contributed by atoms with Crippen molar-refractivity contribution in [2.24, 2.45) is 5.92 Å². The van der Waals surface area contributed by atoms with E-state index in [1.807, 2.05) is 18.6 Å². The van der Waals surface area contributed by atoms with Crippen LogP contribution in [0.5, 0.6) is 0 Å². The van der Waals surface area contributed by atoms with Gasteiger partial charge in [-0.25, -0.2) is 4.98 Å². The largest absolute Gasteiger partial charge is 0.371 e. The molecule has 0 aliphatic carbocycles. The number of H-pyrrole nitrogens is 1. The van der Waals surface area contributed by atoms with Crippen LogP contribution in [0.4, 0.5) is 5.69 Å². The van der Waals surface area contributed by atoms with Gasteiger partial charge in [0.25, 0.3) is 0 Å². The summed E-state index contributed by atoms with van der Waals surface area (Å²) in [6, 6.07) is 4.22. The van der Waals surface area contributed by atoms with Crippen molar-refractivity contribution in [3.05, 3.63) is 30.7 Å². The number of nitrogens with one attached hydrogen (secondary N) is 1. The number of pyridine rings is 2. The van der Waals surface area contributed by atoms with E-state index in [1.54, 1.807) is 0 Å². The van der Waals surface area contributed by atoms with Crippen molar-refractivity contribution >= 4 is 27.6 Å². The van der Waals surface area contributed by atoms with Gasteiger partial charge in [0.05, 0.1) is 17.1 Å². The predicted octanol–water partition coefficient (Wildman–Crippen LogP) is 3.35. The Balaban J connectivity index is 1.91. The molecular formula is C16H18N4. The van der Waals surface area contributed by atoms with Gasteiger partial charge in [0.15, 0.2) is 0 Å². The van der Waals surface area contributed by atoms with Gasteiger partial charge < -0.3 is 9.88 Å². The second-order valence-electron chi connectivity index (χ2n) is 5.61. The van der Waals surface area contributed by atoms with E-state index in [9.17, 15) is 0 Å². The molecule has 0 amide bonds. The Hall–Kier alpha value is -2.10. The Bertz CT molecular complexity index is 761. The average molecular weight is 266 g/mol. The molecule has 1 atom stereocenters. The first kappa shape index (κ1) is 11.7. The van der Waals surface area contributed by atoms with Crippen LogP contribution in [0.3, 0.4) is 0 Å². The van der Waals surface area contributed by atoms with E-state index in [0.29, 0.717) is 0 Å². The van der Waals surface area contributed by atoms with Crippen molar-refractivity contribution in [3.8, 4) is 0 Å². The molecule has 1 aliphatic heterocycles. The lowest BCUT2D eigenvalue weighted by atomic mass is 10.1. The molecule has 1 saturated heterocycles. The summed E-state index contributed by atoms with van der Waals surface area (Å²) in [5.41, 5.74) is 3.34. The molecule has 1 fully saturated rings. The molecular weight excluding hydrogens is 248 g/mol. The molecule has 0 radical (unpaired) electrons. The number of hydrogen-bond acceptors (Lipinski definition) is 3. The molecule has 4 heterocycles. The summed E-state index contributed by atoms with van der Waals surface area (Å²) in [7, 11) is 0. The number of nitrogens with zero attached hydrogens (tertiary/aromatic N) is 3. The third-order valence-corrected chi connectivity index (χ3v) is 4.48. The predicted molar refractivity (Wildman–Crippen MR) is 82.0 cm³/mol. The maximum Gasteiger partial charge on any atom is 0.140 e. The third kappa shape index (κ3) is 1.68. The highest BCUT2D eigenvalue weighted by Gasteiger charge is 2.23. The summed E-state index contributed by atoms with van der Waals surface area (Å²) >= 11 is 0. The van der Waals surface area contributed by atoms with Crippen LogP contribution in [-0.4, -0.2) is 28.0 Å². The first-order valence-corrected chi connectivity index (χ1v) is 7.32. The highest BCUT2D eigenvalue weighted by molar-refractivity contribution is 6.11. The van der Waals surface area contributed by atoms with E-state index in [-0.39, 0.29) is 0 Å². The van der Waals surface area contributed by atoms with Crippen LogP contribution < -0.4 is 4.90 Å². The fraction of sp³-hybridized carbons (Fsp3) is 0.375. The van der Waals surface area contributed by atoms with Crippen molar-refractivity contribution in [3.63, 3.8) is 0 Å². The lowest BCUT2D eigenvalue weighted by Gasteiger charge is -2.19. The van der Waals surface area contributed by atoms with Crippen molar-refractivity contribution in [1.82, 2.24) is 15.0 Å². The quantitative estimate of drug-likeness (QED) is 0.773. The zero-order valence-electron chi connectivity index (χ0n) is 11.6. The number of rotatable bonds is 2. The van der Waals surface area contributed by atoms with Crippen LogP contribution in [0.1, 0.15) is 19.8 Å². The van der Waals surface area contributed by atoms with Crippen LogP contribution in [0, 0.1) is 5.92 Å². The highest BCUT2D eigenvalue weighted by atomic mass is 15.2. The minimum atomic E-state index is 0.824. The Morgan fingerprint density at radius 1 is 1.35 bits per heavy atom. The third-order valence-electron chi connectivity index (χ3n) is 4.48. The van der Waals surface area contributed by atoms with Crippen molar-refractivity contribution in [2.75, 3.05) is 18.0 Å². The second kappa shape index (κ2) is 4.47. The topological polar surface area (TPSA) is 44.8 Å². The van der Waals surface area contributed by atoms with Crippen molar-refractivity contribution < 1.29 is 0 Å². The average Bonchev–Trinajstić information content (AvgIpc) is 3.11. The molecule has 102 valence electrons. The highest BCUT2D eigenvalue weighted by Crippen LogP contribution is 2.35. The Morgan fingerprint density at radius 3 is 3.15 bits per heavy atom.